The smallest absolute Gasteiger partial charge is 0.251 e. The molecule has 0 radical (unpaired) electrons. The van der Waals surface area contributed by atoms with Crippen LogP contribution in [0, 0.1) is 0 Å². The summed E-state index contributed by atoms with van der Waals surface area (Å²) < 4.78 is 12.9. The quantitative estimate of drug-likeness (QED) is 0.190. The van der Waals surface area contributed by atoms with Crippen LogP contribution in [0.3, 0.4) is 0 Å². The second-order valence-electron chi connectivity index (χ2n) is 9.85. The topological polar surface area (TPSA) is 111 Å². The van der Waals surface area contributed by atoms with Crippen molar-refractivity contribution in [2.45, 2.75) is 38.1 Å². The number of nitrogens with zero attached hydrogens (tertiary/aromatic N) is 3. The fourth-order valence-electron chi connectivity index (χ4n) is 4.86. The Balaban J connectivity index is 1.12. The maximum absolute atomic E-state index is 13.0. The number of benzene rings is 2. The molecule has 9 heteroatoms. The Morgan fingerprint density at radius 2 is 2.05 bits per heavy atom. The molecule has 0 fully saturated rings. The van der Waals surface area contributed by atoms with Gasteiger partial charge in [-0.15, -0.1) is 0 Å². The van der Waals surface area contributed by atoms with Crippen LogP contribution in [0.5, 0.6) is 5.75 Å². The Labute approximate surface area is 228 Å². The molecule has 2 aromatic carbocycles. The summed E-state index contributed by atoms with van der Waals surface area (Å²) in [5.74, 6) is 1.63. The maximum atomic E-state index is 13.0. The monoisotopic (exact) mass is 529 g/mol. The number of carbonyl (C=O) groups excluding carboxylic acids is 1. The molecule has 1 atom stereocenters. The number of aryl methyl sites for hydroxylation is 3. The van der Waals surface area contributed by atoms with Gasteiger partial charge in [-0.1, -0.05) is 24.3 Å². The van der Waals surface area contributed by atoms with Gasteiger partial charge in [0.25, 0.3) is 5.91 Å². The van der Waals surface area contributed by atoms with Crippen LogP contribution in [0.15, 0.2) is 60.8 Å². The van der Waals surface area contributed by atoms with E-state index in [-0.39, 0.29) is 18.6 Å². The third-order valence-corrected chi connectivity index (χ3v) is 6.96. The van der Waals surface area contributed by atoms with Crippen molar-refractivity contribution in [2.24, 2.45) is 7.05 Å². The average molecular weight is 530 g/mol. The lowest BCUT2D eigenvalue weighted by Crippen LogP contribution is -2.40. The van der Waals surface area contributed by atoms with Crippen LogP contribution in [0.1, 0.15) is 40.0 Å². The SMILES string of the molecule is Cn1ncc2ccc(C(=O)NC(COCO)Cc3ccc(OCCCc4ccc5c(n4)NCCC5)cc3)cc21. The van der Waals surface area contributed by atoms with E-state index in [0.29, 0.717) is 18.6 Å². The van der Waals surface area contributed by atoms with Crippen molar-refractivity contribution in [3.63, 3.8) is 0 Å². The Bertz CT molecular complexity index is 1400. The van der Waals surface area contributed by atoms with Gasteiger partial charge in [-0.05, 0) is 73.6 Å². The van der Waals surface area contributed by atoms with Crippen LogP contribution < -0.4 is 15.4 Å². The fraction of sp³-hybridized carbons (Fsp3) is 0.367. The van der Waals surface area contributed by atoms with Crippen LogP contribution in [-0.4, -0.2) is 58.4 Å². The molecule has 5 rings (SSSR count). The molecule has 0 saturated heterocycles. The molecule has 3 N–H and O–H groups in total. The Morgan fingerprint density at radius 1 is 1.18 bits per heavy atom. The third kappa shape index (κ3) is 6.93. The highest BCUT2D eigenvalue weighted by Gasteiger charge is 2.16. The van der Waals surface area contributed by atoms with E-state index in [1.54, 1.807) is 16.9 Å². The summed E-state index contributed by atoms with van der Waals surface area (Å²) in [5, 5.41) is 20.8. The molecule has 9 nitrogen and oxygen atoms in total. The lowest BCUT2D eigenvalue weighted by molar-refractivity contribution is -0.0105. The molecule has 1 aliphatic heterocycles. The number of nitrogens with one attached hydrogen (secondary N) is 2. The Morgan fingerprint density at radius 3 is 2.90 bits per heavy atom. The van der Waals surface area contributed by atoms with E-state index in [4.69, 9.17) is 19.6 Å². The zero-order chi connectivity index (χ0) is 27.0. The van der Waals surface area contributed by atoms with E-state index >= 15 is 0 Å². The van der Waals surface area contributed by atoms with E-state index in [9.17, 15) is 4.79 Å². The highest BCUT2D eigenvalue weighted by molar-refractivity contribution is 5.98. The van der Waals surface area contributed by atoms with Crippen molar-refractivity contribution in [3.05, 3.63) is 83.2 Å². The van der Waals surface area contributed by atoms with E-state index in [1.165, 1.54) is 5.56 Å². The van der Waals surface area contributed by atoms with Gasteiger partial charge in [0, 0.05) is 30.2 Å². The van der Waals surface area contributed by atoms with E-state index in [2.05, 4.69) is 27.9 Å². The minimum absolute atomic E-state index is 0.195. The van der Waals surface area contributed by atoms with Crippen molar-refractivity contribution < 1.29 is 19.4 Å². The van der Waals surface area contributed by atoms with Gasteiger partial charge in [0.05, 0.1) is 31.0 Å². The first-order chi connectivity index (χ1) is 19.1. The molecule has 0 bridgehead atoms. The van der Waals surface area contributed by atoms with Crippen LogP contribution in [-0.2, 0) is 31.0 Å². The van der Waals surface area contributed by atoms with Crippen molar-refractivity contribution >= 4 is 22.6 Å². The number of aromatic nitrogens is 3. The third-order valence-electron chi connectivity index (χ3n) is 6.96. The maximum Gasteiger partial charge on any atom is 0.251 e. The number of carbonyl (C=O) groups is 1. The van der Waals surface area contributed by atoms with Gasteiger partial charge in [-0.2, -0.15) is 5.10 Å². The number of aliphatic hydroxyl groups is 1. The molecule has 4 aromatic rings. The van der Waals surface area contributed by atoms with Crippen molar-refractivity contribution in [2.75, 3.05) is 31.9 Å². The van der Waals surface area contributed by atoms with Gasteiger partial charge < -0.3 is 25.2 Å². The lowest BCUT2D eigenvalue weighted by atomic mass is 10.1. The molecule has 2 aromatic heterocycles. The van der Waals surface area contributed by atoms with E-state index in [1.807, 2.05) is 43.4 Å². The van der Waals surface area contributed by atoms with E-state index in [0.717, 1.165) is 66.0 Å². The number of ether oxygens (including phenoxy) is 2. The molecular weight excluding hydrogens is 494 g/mol. The summed E-state index contributed by atoms with van der Waals surface area (Å²) in [6.45, 7) is 1.39. The molecule has 204 valence electrons. The molecular formula is C30H35N5O4. The van der Waals surface area contributed by atoms with E-state index < -0.39 is 6.79 Å². The summed E-state index contributed by atoms with van der Waals surface area (Å²) in [6, 6.07) is 17.4. The number of amides is 1. The minimum atomic E-state index is -0.405. The second kappa shape index (κ2) is 12.7. The molecule has 1 aliphatic rings. The van der Waals surface area contributed by atoms with Gasteiger partial charge in [-0.3, -0.25) is 9.48 Å². The van der Waals surface area contributed by atoms with Gasteiger partial charge in [-0.25, -0.2) is 4.98 Å². The summed E-state index contributed by atoms with van der Waals surface area (Å²) in [6.07, 6.45) is 6.33. The first-order valence-corrected chi connectivity index (χ1v) is 13.4. The number of hydrogen-bond acceptors (Lipinski definition) is 7. The number of pyridine rings is 1. The van der Waals surface area contributed by atoms with Gasteiger partial charge in [0.1, 0.15) is 18.4 Å². The van der Waals surface area contributed by atoms with Crippen LogP contribution in [0.25, 0.3) is 10.9 Å². The zero-order valence-corrected chi connectivity index (χ0v) is 22.2. The Hall–Kier alpha value is -3.95. The van der Waals surface area contributed by atoms with Crippen molar-refractivity contribution in [1.82, 2.24) is 20.1 Å². The normalized spacial score (nSPS) is 13.5. The average Bonchev–Trinajstić information content (AvgIpc) is 3.34. The van der Waals surface area contributed by atoms with Crippen LogP contribution >= 0.6 is 0 Å². The standard InChI is InChI=1S/C30H35N5O4/c1-35-28-17-23(8-9-24(28)18-32-35)30(37)34-26(19-38-20-36)16-21-6-12-27(13-7-21)39-15-3-5-25-11-10-22-4-2-14-31-29(22)33-25/h6-13,17-18,26,36H,2-5,14-16,19-20H2,1H3,(H,31,33)(H,34,37). The first kappa shape index (κ1) is 26.6. The Kier molecular flexibility index (Phi) is 8.70. The lowest BCUT2D eigenvalue weighted by Gasteiger charge is -2.19. The highest BCUT2D eigenvalue weighted by atomic mass is 16.6. The largest absolute Gasteiger partial charge is 0.494 e. The summed E-state index contributed by atoms with van der Waals surface area (Å²) in [7, 11) is 1.85. The van der Waals surface area contributed by atoms with Crippen LogP contribution in [0.2, 0.25) is 0 Å². The molecule has 0 aliphatic carbocycles. The van der Waals surface area contributed by atoms with Crippen molar-refractivity contribution in [3.8, 4) is 5.75 Å². The van der Waals surface area contributed by atoms with Gasteiger partial charge in [0.15, 0.2) is 0 Å². The number of hydrogen-bond donors (Lipinski definition) is 3. The predicted molar refractivity (Wildman–Crippen MR) is 150 cm³/mol. The molecule has 3 heterocycles. The summed E-state index contributed by atoms with van der Waals surface area (Å²) in [5.41, 5.74) is 4.85. The summed E-state index contributed by atoms with van der Waals surface area (Å²) >= 11 is 0. The molecule has 1 amide bonds. The minimum Gasteiger partial charge on any atom is -0.494 e. The molecule has 39 heavy (non-hydrogen) atoms. The van der Waals surface area contributed by atoms with Gasteiger partial charge in [0.2, 0.25) is 0 Å². The number of aliphatic hydroxyl groups excluding tert-OH is 1. The molecule has 0 spiro atoms. The van der Waals surface area contributed by atoms with Gasteiger partial charge >= 0.3 is 0 Å². The highest BCUT2D eigenvalue weighted by Crippen LogP contribution is 2.21. The molecule has 0 saturated carbocycles. The second-order valence-corrected chi connectivity index (χ2v) is 9.85. The number of anilines is 1. The fourth-order valence-corrected chi connectivity index (χ4v) is 4.86. The molecule has 1 unspecified atom stereocenters. The first-order valence-electron chi connectivity index (χ1n) is 13.4. The predicted octanol–water partition coefficient (Wildman–Crippen LogP) is 3.65. The number of fused-ring (bicyclic) bond motifs is 2. The van der Waals surface area contributed by atoms with Crippen LogP contribution in [0.4, 0.5) is 5.82 Å². The van der Waals surface area contributed by atoms with Crippen molar-refractivity contribution in [1.29, 1.82) is 0 Å². The summed E-state index contributed by atoms with van der Waals surface area (Å²) in [4.78, 5) is 17.7. The zero-order valence-electron chi connectivity index (χ0n) is 22.2. The number of rotatable bonds is 12.